The molecule has 0 bridgehead atoms. The fourth-order valence-corrected chi connectivity index (χ4v) is 1.33. The largest absolute Gasteiger partial charge is 0.494 e. The molecule has 2 N–H and O–H groups in total. The van der Waals surface area contributed by atoms with Crippen LogP contribution in [0, 0.1) is 5.82 Å². The van der Waals surface area contributed by atoms with Crippen LogP contribution in [0.5, 0.6) is 5.75 Å². The monoisotopic (exact) mass is 237 g/mol. The molecule has 0 spiro atoms. The zero-order valence-corrected chi connectivity index (χ0v) is 9.48. The van der Waals surface area contributed by atoms with Gasteiger partial charge in [0.1, 0.15) is 0 Å². The molecular formula is C11H12FN3O2. The minimum absolute atomic E-state index is 0.167. The van der Waals surface area contributed by atoms with E-state index in [9.17, 15) is 4.39 Å². The summed E-state index contributed by atoms with van der Waals surface area (Å²) in [5.74, 6) is 0.237. The van der Waals surface area contributed by atoms with Crippen LogP contribution < -0.4 is 10.5 Å². The van der Waals surface area contributed by atoms with E-state index in [0.29, 0.717) is 11.5 Å². The second-order valence-corrected chi connectivity index (χ2v) is 3.58. The molecule has 90 valence electrons. The second kappa shape index (κ2) is 4.50. The minimum atomic E-state index is -0.481. The molecule has 5 nitrogen and oxygen atoms in total. The van der Waals surface area contributed by atoms with Crippen LogP contribution in [-0.4, -0.2) is 17.3 Å². The molecule has 0 radical (unpaired) electrons. The fourth-order valence-electron chi connectivity index (χ4n) is 1.33. The molecule has 0 aliphatic carbocycles. The third-order valence-electron chi connectivity index (χ3n) is 2.23. The van der Waals surface area contributed by atoms with Crippen LogP contribution >= 0.6 is 0 Å². The van der Waals surface area contributed by atoms with Crippen molar-refractivity contribution in [2.45, 2.75) is 13.0 Å². The number of rotatable bonds is 3. The first kappa shape index (κ1) is 11.5. The van der Waals surface area contributed by atoms with Crippen LogP contribution in [0.2, 0.25) is 0 Å². The number of aromatic nitrogens is 2. The Morgan fingerprint density at radius 3 is 2.71 bits per heavy atom. The molecule has 0 aliphatic rings. The van der Waals surface area contributed by atoms with Crippen LogP contribution in [0.3, 0.4) is 0 Å². The highest BCUT2D eigenvalue weighted by Crippen LogP contribution is 2.25. The topological polar surface area (TPSA) is 74.2 Å². The SMILES string of the molecule is COc1ccc(-c2nnc(C(C)N)o2)cc1F. The van der Waals surface area contributed by atoms with Crippen molar-refractivity contribution in [3.8, 4) is 17.2 Å². The lowest BCUT2D eigenvalue weighted by Gasteiger charge is -2.02. The van der Waals surface area contributed by atoms with Gasteiger partial charge in [-0.1, -0.05) is 0 Å². The van der Waals surface area contributed by atoms with E-state index in [-0.39, 0.29) is 17.7 Å². The second-order valence-electron chi connectivity index (χ2n) is 3.58. The lowest BCUT2D eigenvalue weighted by molar-refractivity contribution is 0.386. The minimum Gasteiger partial charge on any atom is -0.494 e. The Balaban J connectivity index is 2.36. The van der Waals surface area contributed by atoms with E-state index < -0.39 is 5.82 Å². The van der Waals surface area contributed by atoms with E-state index in [1.165, 1.54) is 19.2 Å². The van der Waals surface area contributed by atoms with Crippen LogP contribution in [-0.2, 0) is 0 Å². The van der Waals surface area contributed by atoms with Gasteiger partial charge in [-0.3, -0.25) is 0 Å². The third-order valence-corrected chi connectivity index (χ3v) is 2.23. The van der Waals surface area contributed by atoms with Gasteiger partial charge in [-0.25, -0.2) is 4.39 Å². The summed E-state index contributed by atoms with van der Waals surface area (Å²) < 4.78 is 23.6. The molecule has 2 aromatic rings. The summed E-state index contributed by atoms with van der Waals surface area (Å²) in [6.07, 6.45) is 0. The molecule has 1 heterocycles. The normalized spacial score (nSPS) is 12.5. The summed E-state index contributed by atoms with van der Waals surface area (Å²) in [5.41, 5.74) is 6.08. The summed E-state index contributed by atoms with van der Waals surface area (Å²) in [4.78, 5) is 0. The van der Waals surface area contributed by atoms with Gasteiger partial charge in [-0.05, 0) is 25.1 Å². The van der Waals surface area contributed by atoms with Crippen molar-refractivity contribution in [1.82, 2.24) is 10.2 Å². The Kier molecular flexibility index (Phi) is 3.06. The van der Waals surface area contributed by atoms with E-state index in [4.69, 9.17) is 14.9 Å². The molecule has 0 amide bonds. The number of nitrogens with two attached hydrogens (primary N) is 1. The number of nitrogens with zero attached hydrogens (tertiary/aromatic N) is 2. The smallest absolute Gasteiger partial charge is 0.247 e. The van der Waals surface area contributed by atoms with Crippen molar-refractivity contribution in [1.29, 1.82) is 0 Å². The third kappa shape index (κ3) is 2.26. The van der Waals surface area contributed by atoms with E-state index in [2.05, 4.69) is 10.2 Å². The molecule has 1 unspecified atom stereocenters. The molecule has 2 rings (SSSR count). The molecule has 0 fully saturated rings. The number of halogens is 1. The van der Waals surface area contributed by atoms with E-state index >= 15 is 0 Å². The summed E-state index contributed by atoms with van der Waals surface area (Å²) in [7, 11) is 1.40. The van der Waals surface area contributed by atoms with Gasteiger partial charge in [0.05, 0.1) is 13.2 Å². The van der Waals surface area contributed by atoms with Gasteiger partial charge in [0, 0.05) is 5.56 Å². The van der Waals surface area contributed by atoms with Gasteiger partial charge < -0.3 is 14.9 Å². The number of methoxy groups -OCH3 is 1. The zero-order chi connectivity index (χ0) is 12.4. The molecule has 6 heteroatoms. The maximum absolute atomic E-state index is 13.5. The quantitative estimate of drug-likeness (QED) is 0.882. The Labute approximate surface area is 97.4 Å². The Morgan fingerprint density at radius 1 is 1.41 bits per heavy atom. The lowest BCUT2D eigenvalue weighted by atomic mass is 10.2. The van der Waals surface area contributed by atoms with Crippen LogP contribution in [0.25, 0.3) is 11.5 Å². The van der Waals surface area contributed by atoms with Gasteiger partial charge >= 0.3 is 0 Å². The van der Waals surface area contributed by atoms with Gasteiger partial charge in [0.2, 0.25) is 11.8 Å². The van der Waals surface area contributed by atoms with Crippen molar-refractivity contribution in [2.75, 3.05) is 7.11 Å². The molecule has 1 aromatic heterocycles. The van der Waals surface area contributed by atoms with Crippen LogP contribution in [0.1, 0.15) is 18.9 Å². The highest BCUT2D eigenvalue weighted by Gasteiger charge is 2.13. The maximum Gasteiger partial charge on any atom is 0.247 e. The van der Waals surface area contributed by atoms with Crippen molar-refractivity contribution in [2.24, 2.45) is 5.73 Å². The highest BCUT2D eigenvalue weighted by molar-refractivity contribution is 5.54. The number of ether oxygens (including phenoxy) is 1. The maximum atomic E-state index is 13.5. The number of hydrogen-bond donors (Lipinski definition) is 1. The van der Waals surface area contributed by atoms with Gasteiger partial charge in [-0.15, -0.1) is 10.2 Å². The fraction of sp³-hybridized carbons (Fsp3) is 0.273. The van der Waals surface area contributed by atoms with Gasteiger partial charge in [0.25, 0.3) is 0 Å². The molecular weight excluding hydrogens is 225 g/mol. The average Bonchev–Trinajstić information content (AvgIpc) is 2.78. The first-order valence-electron chi connectivity index (χ1n) is 5.04. The average molecular weight is 237 g/mol. The summed E-state index contributed by atoms with van der Waals surface area (Å²) in [6, 6.07) is 4.07. The predicted octanol–water partition coefficient (Wildman–Crippen LogP) is 1.90. The number of benzene rings is 1. The summed E-state index contributed by atoms with van der Waals surface area (Å²) >= 11 is 0. The van der Waals surface area contributed by atoms with Crippen molar-refractivity contribution < 1.29 is 13.5 Å². The summed E-state index contributed by atoms with van der Waals surface area (Å²) in [5, 5.41) is 7.57. The Hall–Kier alpha value is -1.95. The Bertz CT molecular complexity index is 525. The highest BCUT2D eigenvalue weighted by atomic mass is 19.1. The lowest BCUT2D eigenvalue weighted by Crippen LogP contribution is -2.04. The van der Waals surface area contributed by atoms with Gasteiger partial charge in [-0.2, -0.15) is 0 Å². The van der Waals surface area contributed by atoms with Crippen LogP contribution in [0.4, 0.5) is 4.39 Å². The molecule has 1 aromatic carbocycles. The van der Waals surface area contributed by atoms with Crippen molar-refractivity contribution in [3.63, 3.8) is 0 Å². The summed E-state index contributed by atoms with van der Waals surface area (Å²) in [6.45, 7) is 1.73. The van der Waals surface area contributed by atoms with Crippen molar-refractivity contribution in [3.05, 3.63) is 29.9 Å². The Morgan fingerprint density at radius 2 is 2.18 bits per heavy atom. The molecule has 0 saturated heterocycles. The first-order valence-corrected chi connectivity index (χ1v) is 5.04. The van der Waals surface area contributed by atoms with E-state index in [1.807, 2.05) is 0 Å². The molecule has 17 heavy (non-hydrogen) atoms. The molecule has 0 aliphatic heterocycles. The van der Waals surface area contributed by atoms with Gasteiger partial charge in [0.15, 0.2) is 11.6 Å². The van der Waals surface area contributed by atoms with Crippen molar-refractivity contribution >= 4 is 0 Å². The standard InChI is InChI=1S/C11H12FN3O2/c1-6(13)10-14-15-11(17-10)7-3-4-9(16-2)8(12)5-7/h3-6H,13H2,1-2H3. The van der Waals surface area contributed by atoms with E-state index in [1.54, 1.807) is 13.0 Å². The number of hydrogen-bond acceptors (Lipinski definition) is 5. The van der Waals surface area contributed by atoms with Crippen LogP contribution in [0.15, 0.2) is 22.6 Å². The van der Waals surface area contributed by atoms with E-state index in [0.717, 1.165) is 0 Å². The zero-order valence-electron chi connectivity index (χ0n) is 9.48. The molecule has 1 atom stereocenters. The first-order chi connectivity index (χ1) is 8.11. The predicted molar refractivity (Wildman–Crippen MR) is 58.8 cm³/mol. The molecule has 0 saturated carbocycles.